The average Bonchev–Trinajstić information content (AvgIpc) is 3.30. The molecule has 3 aromatic rings. The summed E-state index contributed by atoms with van der Waals surface area (Å²) in [6.07, 6.45) is -9.19. The van der Waals surface area contributed by atoms with Crippen LogP contribution in [-0.2, 0) is 22.6 Å². The van der Waals surface area contributed by atoms with Crippen molar-refractivity contribution in [2.75, 3.05) is 30.0 Å². The fourth-order valence-corrected chi connectivity index (χ4v) is 5.25. The number of amides is 1. The Kier molecular flexibility index (Phi) is 8.56. The number of likely N-dealkylation sites (N-methyl/N-ethyl adjacent to an activating group) is 1. The summed E-state index contributed by atoms with van der Waals surface area (Å²) in [7, 11) is 1.35. The molecular weight excluding hydrogens is 588 g/mol. The Labute approximate surface area is 243 Å². The lowest BCUT2D eigenvalue weighted by molar-refractivity contribution is -0.143. The van der Waals surface area contributed by atoms with Crippen molar-refractivity contribution in [2.24, 2.45) is 0 Å². The van der Waals surface area contributed by atoms with Crippen molar-refractivity contribution >= 4 is 29.0 Å². The summed E-state index contributed by atoms with van der Waals surface area (Å²) in [4.78, 5) is 21.1. The second-order valence-corrected chi connectivity index (χ2v) is 11.1. The quantitative estimate of drug-likeness (QED) is 0.318. The molecule has 0 spiro atoms. The molecule has 4 rings (SSSR count). The Morgan fingerprint density at radius 1 is 1.02 bits per heavy atom. The zero-order chi connectivity index (χ0) is 31.2. The lowest BCUT2D eigenvalue weighted by Crippen LogP contribution is -2.42. The highest BCUT2D eigenvalue weighted by Gasteiger charge is 2.41. The first-order valence-corrected chi connectivity index (χ1v) is 13.2. The molecule has 1 saturated heterocycles. The molecule has 1 aromatic heterocycles. The number of hydrogen-bond acceptors (Lipinski definition) is 5. The van der Waals surface area contributed by atoms with Gasteiger partial charge in [-0.25, -0.2) is 4.98 Å². The number of nitrogens with zero attached hydrogens (tertiary/aromatic N) is 3. The van der Waals surface area contributed by atoms with E-state index < -0.39 is 52.5 Å². The largest absolute Gasteiger partial charge is 0.416 e. The van der Waals surface area contributed by atoms with Crippen LogP contribution in [0, 0.1) is 0 Å². The Morgan fingerprint density at radius 3 is 2.17 bits per heavy atom. The van der Waals surface area contributed by atoms with Crippen LogP contribution < -0.4 is 9.80 Å². The van der Waals surface area contributed by atoms with Gasteiger partial charge in [0.25, 0.3) is 0 Å². The van der Waals surface area contributed by atoms with Gasteiger partial charge in [-0.05, 0) is 67.8 Å². The minimum atomic E-state index is -5.07. The number of carbonyl (C=O) groups is 1. The van der Waals surface area contributed by atoms with Crippen LogP contribution in [-0.4, -0.2) is 53.4 Å². The smallest absolute Gasteiger partial charge is 0.394 e. The van der Waals surface area contributed by atoms with Gasteiger partial charge in [0.05, 0.1) is 47.2 Å². The predicted octanol–water partition coefficient (Wildman–Crippen LogP) is 6.31. The molecular formula is C29H28ClF6N3O3. The topological polar surface area (TPSA) is 76.9 Å². The van der Waals surface area contributed by atoms with E-state index in [9.17, 15) is 41.4 Å². The van der Waals surface area contributed by atoms with Gasteiger partial charge >= 0.3 is 12.4 Å². The molecule has 226 valence electrons. The van der Waals surface area contributed by atoms with Crippen LogP contribution in [0.4, 0.5) is 37.8 Å². The number of halogens is 7. The van der Waals surface area contributed by atoms with Crippen molar-refractivity contribution < 1.29 is 41.4 Å². The number of aliphatic hydroxyl groups is 2. The van der Waals surface area contributed by atoms with E-state index >= 15 is 0 Å². The van der Waals surface area contributed by atoms with Crippen LogP contribution in [0.3, 0.4) is 0 Å². The molecule has 1 amide bonds. The Morgan fingerprint density at radius 2 is 1.62 bits per heavy atom. The summed E-state index contributed by atoms with van der Waals surface area (Å²) >= 11 is 6.22. The summed E-state index contributed by atoms with van der Waals surface area (Å²) in [5.41, 5.74) is -4.14. The molecule has 0 radical (unpaired) electrons. The van der Waals surface area contributed by atoms with Crippen LogP contribution in [0.5, 0.6) is 0 Å². The third-order valence-electron chi connectivity index (χ3n) is 7.51. The van der Waals surface area contributed by atoms with Gasteiger partial charge in [-0.1, -0.05) is 23.7 Å². The summed E-state index contributed by atoms with van der Waals surface area (Å²) < 4.78 is 81.3. The normalized spacial score (nSPS) is 18.0. The van der Waals surface area contributed by atoms with Gasteiger partial charge in [-0.3, -0.25) is 4.79 Å². The van der Waals surface area contributed by atoms with Crippen molar-refractivity contribution in [3.8, 4) is 11.1 Å². The minimum Gasteiger partial charge on any atom is -0.394 e. The monoisotopic (exact) mass is 615 g/mol. The number of aromatic nitrogens is 1. The zero-order valence-electron chi connectivity index (χ0n) is 22.8. The third kappa shape index (κ3) is 6.20. The van der Waals surface area contributed by atoms with Crippen molar-refractivity contribution in [3.05, 3.63) is 76.4 Å². The SMILES string of the molecule is CN(C(=O)C(C)(C)c1cc(C(F)(F)F)cc(C(F)(F)F)c1)c1cnc(N2CCC(O)C2CO)cc1-c1cccc(Cl)c1. The number of hydrogen-bond donors (Lipinski definition) is 2. The molecule has 2 aromatic carbocycles. The average molecular weight is 616 g/mol. The van der Waals surface area contributed by atoms with Gasteiger partial charge in [0.1, 0.15) is 5.82 Å². The molecule has 0 saturated carbocycles. The number of alkyl halides is 6. The highest BCUT2D eigenvalue weighted by atomic mass is 35.5. The molecule has 13 heteroatoms. The van der Waals surface area contributed by atoms with E-state index in [0.717, 1.165) is 4.90 Å². The zero-order valence-corrected chi connectivity index (χ0v) is 23.5. The van der Waals surface area contributed by atoms with Gasteiger partial charge in [-0.2, -0.15) is 26.3 Å². The molecule has 0 bridgehead atoms. The standard InChI is InChI=1S/C29H28ClF6N3O3/c1-27(2,17-10-18(28(31,32)33)12-19(11-17)29(34,35)36)26(42)38(3)22-14-37-25(39-8-7-24(41)23(39)15-40)13-21(22)16-5-4-6-20(30)9-16/h4-6,9-14,23-24,40-41H,7-8,15H2,1-3H3. The highest BCUT2D eigenvalue weighted by Crippen LogP contribution is 2.41. The van der Waals surface area contributed by atoms with E-state index in [0.29, 0.717) is 47.1 Å². The van der Waals surface area contributed by atoms with E-state index in [2.05, 4.69) is 4.98 Å². The summed E-state index contributed by atoms with van der Waals surface area (Å²) in [6, 6.07) is 8.77. The minimum absolute atomic E-state index is 0.0165. The Bertz CT molecular complexity index is 1450. The summed E-state index contributed by atoms with van der Waals surface area (Å²) in [5, 5.41) is 20.4. The number of aliphatic hydroxyl groups excluding tert-OH is 2. The second kappa shape index (κ2) is 11.4. The number of carbonyl (C=O) groups excluding carboxylic acids is 1. The number of rotatable bonds is 6. The lowest BCUT2D eigenvalue weighted by Gasteiger charge is -2.32. The van der Waals surface area contributed by atoms with Crippen LogP contribution in [0.15, 0.2) is 54.7 Å². The van der Waals surface area contributed by atoms with Crippen LogP contribution in [0.1, 0.15) is 37.0 Å². The maximum atomic E-state index is 13.9. The van der Waals surface area contributed by atoms with E-state index in [1.165, 1.54) is 27.1 Å². The van der Waals surface area contributed by atoms with Crippen molar-refractivity contribution in [1.29, 1.82) is 0 Å². The highest BCUT2D eigenvalue weighted by molar-refractivity contribution is 6.30. The molecule has 1 fully saturated rings. The molecule has 6 nitrogen and oxygen atoms in total. The maximum absolute atomic E-state index is 13.9. The van der Waals surface area contributed by atoms with E-state index in [1.54, 1.807) is 35.2 Å². The molecule has 2 unspecified atom stereocenters. The summed E-state index contributed by atoms with van der Waals surface area (Å²) in [6.45, 7) is 2.56. The van der Waals surface area contributed by atoms with Gasteiger partial charge in [0.15, 0.2) is 0 Å². The van der Waals surface area contributed by atoms with E-state index in [1.807, 2.05) is 0 Å². The predicted molar refractivity (Wildman–Crippen MR) is 146 cm³/mol. The Hall–Kier alpha value is -3.35. The first-order chi connectivity index (χ1) is 19.4. The molecule has 2 N–H and O–H groups in total. The van der Waals surface area contributed by atoms with Gasteiger partial charge in [-0.15, -0.1) is 0 Å². The number of anilines is 2. The first kappa shape index (κ1) is 31.6. The molecule has 2 heterocycles. The number of benzene rings is 2. The first-order valence-electron chi connectivity index (χ1n) is 12.8. The second-order valence-electron chi connectivity index (χ2n) is 10.7. The van der Waals surface area contributed by atoms with Gasteiger partial charge in [0.2, 0.25) is 5.91 Å². The van der Waals surface area contributed by atoms with Crippen LogP contribution >= 0.6 is 11.6 Å². The molecule has 2 atom stereocenters. The van der Waals surface area contributed by atoms with Crippen molar-refractivity contribution in [3.63, 3.8) is 0 Å². The summed E-state index contributed by atoms with van der Waals surface area (Å²) in [5.74, 6) is -0.408. The van der Waals surface area contributed by atoms with Crippen LogP contribution in [0.2, 0.25) is 5.02 Å². The maximum Gasteiger partial charge on any atom is 0.416 e. The Balaban J connectivity index is 1.81. The molecule has 42 heavy (non-hydrogen) atoms. The fourth-order valence-electron chi connectivity index (χ4n) is 5.06. The van der Waals surface area contributed by atoms with Crippen molar-refractivity contribution in [1.82, 2.24) is 4.98 Å². The van der Waals surface area contributed by atoms with Gasteiger partial charge < -0.3 is 20.0 Å². The fraction of sp³-hybridized carbons (Fsp3) is 0.379. The van der Waals surface area contributed by atoms with Crippen LogP contribution in [0.25, 0.3) is 11.1 Å². The van der Waals surface area contributed by atoms with E-state index in [4.69, 9.17) is 11.6 Å². The van der Waals surface area contributed by atoms with Gasteiger partial charge in [0, 0.05) is 24.2 Å². The molecule has 1 aliphatic rings. The number of pyridine rings is 1. The molecule has 0 aliphatic carbocycles. The third-order valence-corrected chi connectivity index (χ3v) is 7.74. The van der Waals surface area contributed by atoms with Crippen molar-refractivity contribution in [2.45, 2.75) is 50.2 Å². The van der Waals surface area contributed by atoms with E-state index in [-0.39, 0.29) is 18.4 Å². The lowest BCUT2D eigenvalue weighted by atomic mass is 9.81. The molecule has 1 aliphatic heterocycles.